The van der Waals surface area contributed by atoms with Crippen LogP contribution >= 0.6 is 0 Å². The molecule has 2 aromatic rings. The minimum Gasteiger partial charge on any atom is -0.317 e. The van der Waals surface area contributed by atoms with Crippen LogP contribution in [0.4, 0.5) is 15.9 Å². The molecule has 0 atom stereocenters. The average Bonchev–Trinajstić information content (AvgIpc) is 2.30. The smallest absolute Gasteiger partial charge is 0.307 e. The van der Waals surface area contributed by atoms with Crippen LogP contribution in [-0.2, 0) is 0 Å². The van der Waals surface area contributed by atoms with Crippen molar-refractivity contribution in [2.24, 2.45) is 0 Å². The van der Waals surface area contributed by atoms with E-state index in [1.165, 1.54) is 6.19 Å². The molecule has 8 nitrogen and oxygen atoms in total. The lowest BCUT2D eigenvalue weighted by atomic mass is 10.2. The van der Waals surface area contributed by atoms with Gasteiger partial charge in [-0.2, -0.15) is 9.65 Å². The van der Waals surface area contributed by atoms with E-state index in [9.17, 15) is 19.3 Å². The van der Waals surface area contributed by atoms with Crippen LogP contribution in [0.1, 0.15) is 0 Å². The Morgan fingerprint density at radius 3 is 2.89 bits per heavy atom. The van der Waals surface area contributed by atoms with Crippen molar-refractivity contribution in [3.63, 3.8) is 0 Å². The van der Waals surface area contributed by atoms with Gasteiger partial charge < -0.3 is 4.98 Å². The molecule has 0 aliphatic carbocycles. The van der Waals surface area contributed by atoms with E-state index in [1.807, 2.05) is 5.32 Å². The molecule has 0 radical (unpaired) electrons. The minimum atomic E-state index is -1.07. The number of anilines is 1. The topological polar surface area (TPSA) is 125 Å². The second-order valence-corrected chi connectivity index (χ2v) is 3.23. The molecule has 0 fully saturated rings. The highest BCUT2D eigenvalue weighted by molar-refractivity contribution is 5.78. The first-order chi connectivity index (χ1) is 8.52. The van der Waals surface area contributed by atoms with Gasteiger partial charge in [0.2, 0.25) is 11.6 Å². The van der Waals surface area contributed by atoms with Crippen molar-refractivity contribution >= 4 is 22.5 Å². The fourth-order valence-electron chi connectivity index (χ4n) is 1.37. The third kappa shape index (κ3) is 1.82. The summed E-state index contributed by atoms with van der Waals surface area (Å²) in [4.78, 5) is 27.0. The number of nitrogens with one attached hydrogen (secondary N) is 2. The second-order valence-electron chi connectivity index (χ2n) is 3.23. The van der Waals surface area contributed by atoms with Gasteiger partial charge >= 0.3 is 5.69 Å². The first-order valence-corrected chi connectivity index (χ1v) is 4.56. The number of nitriles is 1. The molecule has 9 heteroatoms. The van der Waals surface area contributed by atoms with Gasteiger partial charge in [0, 0.05) is 12.1 Å². The molecular weight excluding hydrogens is 245 g/mol. The van der Waals surface area contributed by atoms with E-state index in [0.717, 1.165) is 12.1 Å². The highest BCUT2D eigenvalue weighted by atomic mass is 19.1. The van der Waals surface area contributed by atoms with Gasteiger partial charge in [0.1, 0.15) is 0 Å². The standard InChI is InChI=1S/C9H4FN5O3/c10-4-1-5-6(2-7(4)15(17)18)14-9(16)8(13-5)12-3-11/h1-2H,(H,12,13)(H,14,16). The number of fused-ring (bicyclic) bond motifs is 1. The first kappa shape index (κ1) is 11.5. The molecule has 1 heterocycles. The van der Waals surface area contributed by atoms with Crippen LogP contribution in [-0.4, -0.2) is 14.9 Å². The summed E-state index contributed by atoms with van der Waals surface area (Å²) in [6.45, 7) is 0. The quantitative estimate of drug-likeness (QED) is 0.352. The maximum Gasteiger partial charge on any atom is 0.307 e. The molecule has 0 aliphatic heterocycles. The molecule has 2 N–H and O–H groups in total. The van der Waals surface area contributed by atoms with Crippen LogP contribution in [0.3, 0.4) is 0 Å². The summed E-state index contributed by atoms with van der Waals surface area (Å²) >= 11 is 0. The van der Waals surface area contributed by atoms with E-state index in [0.29, 0.717) is 0 Å². The van der Waals surface area contributed by atoms with Crippen molar-refractivity contribution in [2.45, 2.75) is 0 Å². The summed E-state index contributed by atoms with van der Waals surface area (Å²) in [7, 11) is 0. The van der Waals surface area contributed by atoms with Crippen molar-refractivity contribution in [2.75, 3.05) is 5.32 Å². The number of nitro benzene ring substituents is 1. The zero-order chi connectivity index (χ0) is 13.3. The normalized spacial score (nSPS) is 10.0. The molecule has 0 saturated carbocycles. The summed E-state index contributed by atoms with van der Waals surface area (Å²) in [5.74, 6) is -1.38. The Morgan fingerprint density at radius 2 is 2.28 bits per heavy atom. The van der Waals surface area contributed by atoms with Gasteiger partial charge in [-0.05, 0) is 0 Å². The summed E-state index contributed by atoms with van der Waals surface area (Å²) in [6.07, 6.45) is 1.50. The van der Waals surface area contributed by atoms with Crippen molar-refractivity contribution in [3.05, 3.63) is 38.4 Å². The molecular formula is C9H4FN5O3. The Balaban J connectivity index is 2.75. The fraction of sp³-hybridized carbons (Fsp3) is 0. The van der Waals surface area contributed by atoms with Crippen LogP contribution in [0, 0.1) is 27.4 Å². The van der Waals surface area contributed by atoms with E-state index in [2.05, 4.69) is 9.97 Å². The molecule has 2 rings (SSSR count). The van der Waals surface area contributed by atoms with Crippen LogP contribution < -0.4 is 10.9 Å². The summed E-state index contributed by atoms with van der Waals surface area (Å²) in [5.41, 5.74) is -1.49. The summed E-state index contributed by atoms with van der Waals surface area (Å²) in [5, 5.41) is 20.9. The Hall–Kier alpha value is -3.02. The number of nitrogens with zero attached hydrogens (tertiary/aromatic N) is 3. The zero-order valence-corrected chi connectivity index (χ0v) is 8.60. The number of halogens is 1. The number of benzene rings is 1. The van der Waals surface area contributed by atoms with Gasteiger partial charge in [-0.3, -0.25) is 20.2 Å². The fourth-order valence-corrected chi connectivity index (χ4v) is 1.37. The molecule has 1 aromatic carbocycles. The second kappa shape index (κ2) is 4.10. The SMILES string of the molecule is N#CNc1nc2cc(F)c([N+](=O)[O-])cc2[nH]c1=O. The van der Waals surface area contributed by atoms with Crippen molar-refractivity contribution in [1.82, 2.24) is 9.97 Å². The molecule has 0 aliphatic rings. The first-order valence-electron chi connectivity index (χ1n) is 4.56. The molecule has 0 saturated heterocycles. The van der Waals surface area contributed by atoms with E-state index in [4.69, 9.17) is 5.26 Å². The number of aromatic nitrogens is 2. The molecule has 0 spiro atoms. The number of hydrogen-bond donors (Lipinski definition) is 2. The molecule has 0 unspecified atom stereocenters. The summed E-state index contributed by atoms with van der Waals surface area (Å²) in [6, 6.07) is 1.68. The van der Waals surface area contributed by atoms with Gasteiger partial charge in [-0.15, -0.1) is 0 Å². The van der Waals surface area contributed by atoms with Crippen LogP contribution in [0.5, 0.6) is 0 Å². The van der Waals surface area contributed by atoms with Gasteiger partial charge in [0.05, 0.1) is 16.0 Å². The minimum absolute atomic E-state index is 0.00421. The molecule has 18 heavy (non-hydrogen) atoms. The van der Waals surface area contributed by atoms with Crippen molar-refractivity contribution in [3.8, 4) is 6.19 Å². The number of nitro groups is 1. The van der Waals surface area contributed by atoms with Gasteiger partial charge in [0.25, 0.3) is 5.56 Å². The maximum atomic E-state index is 13.3. The summed E-state index contributed by atoms with van der Waals surface area (Å²) < 4.78 is 13.3. The Bertz CT molecular complexity index is 748. The lowest BCUT2D eigenvalue weighted by molar-refractivity contribution is -0.387. The van der Waals surface area contributed by atoms with Crippen LogP contribution in [0.15, 0.2) is 16.9 Å². The van der Waals surface area contributed by atoms with Gasteiger partial charge in [0.15, 0.2) is 6.19 Å². The monoisotopic (exact) mass is 249 g/mol. The molecule has 1 aromatic heterocycles. The predicted molar refractivity (Wildman–Crippen MR) is 58.2 cm³/mol. The lowest BCUT2D eigenvalue weighted by Gasteiger charge is -2.01. The van der Waals surface area contributed by atoms with Gasteiger partial charge in [-0.25, -0.2) is 4.98 Å². The molecule has 0 bridgehead atoms. The maximum absolute atomic E-state index is 13.3. The third-order valence-electron chi connectivity index (χ3n) is 2.13. The van der Waals surface area contributed by atoms with E-state index in [1.54, 1.807) is 0 Å². The van der Waals surface area contributed by atoms with E-state index < -0.39 is 22.0 Å². The largest absolute Gasteiger partial charge is 0.317 e. The third-order valence-corrected chi connectivity index (χ3v) is 2.13. The lowest BCUT2D eigenvalue weighted by Crippen LogP contribution is -2.13. The predicted octanol–water partition coefficient (Wildman–Crippen LogP) is 0.863. The number of H-pyrrole nitrogens is 1. The number of hydrogen-bond acceptors (Lipinski definition) is 6. The van der Waals surface area contributed by atoms with Crippen molar-refractivity contribution in [1.29, 1.82) is 5.26 Å². The van der Waals surface area contributed by atoms with E-state index in [-0.39, 0.29) is 16.9 Å². The Labute approximate surface area is 97.8 Å². The molecule has 90 valence electrons. The Kier molecular flexibility index (Phi) is 2.61. The highest BCUT2D eigenvalue weighted by Gasteiger charge is 2.16. The van der Waals surface area contributed by atoms with Crippen LogP contribution in [0.25, 0.3) is 11.0 Å². The zero-order valence-electron chi connectivity index (χ0n) is 8.60. The van der Waals surface area contributed by atoms with Gasteiger partial charge in [-0.1, -0.05) is 0 Å². The Morgan fingerprint density at radius 1 is 1.56 bits per heavy atom. The highest BCUT2D eigenvalue weighted by Crippen LogP contribution is 2.21. The number of aromatic amines is 1. The van der Waals surface area contributed by atoms with E-state index >= 15 is 0 Å². The average molecular weight is 249 g/mol. The number of rotatable bonds is 2. The molecule has 0 amide bonds. The van der Waals surface area contributed by atoms with Crippen LogP contribution in [0.2, 0.25) is 0 Å². The van der Waals surface area contributed by atoms with Crippen molar-refractivity contribution < 1.29 is 9.31 Å².